The molecule has 0 bridgehead atoms. The van der Waals surface area contributed by atoms with Gasteiger partial charge >= 0.3 is 17.7 Å². The lowest BCUT2D eigenvalue weighted by Crippen LogP contribution is -2.46. The molecular formula is C13H17N3O7. The number of carboxylic acids is 1. The molecule has 0 radical (unpaired) electrons. The van der Waals surface area contributed by atoms with Gasteiger partial charge in [-0.25, -0.2) is 14.6 Å². The monoisotopic (exact) mass is 327 g/mol. The van der Waals surface area contributed by atoms with E-state index in [-0.39, 0.29) is 5.88 Å². The summed E-state index contributed by atoms with van der Waals surface area (Å²) in [5.74, 6) is -1.72. The number of carbonyl (C=O) groups is 2. The number of amides is 1. The van der Waals surface area contributed by atoms with Gasteiger partial charge in [0.25, 0.3) is 5.88 Å². The first kappa shape index (κ1) is 18.1. The predicted octanol–water partition coefficient (Wildman–Crippen LogP) is 1.35. The van der Waals surface area contributed by atoms with E-state index in [4.69, 9.17) is 14.6 Å². The molecule has 10 nitrogen and oxygen atoms in total. The smallest absolute Gasteiger partial charge is 0.408 e. The number of rotatable bonds is 6. The number of aliphatic carboxylic acids is 1. The number of ether oxygens (including phenoxy) is 2. The Morgan fingerprint density at radius 1 is 1.48 bits per heavy atom. The van der Waals surface area contributed by atoms with E-state index < -0.39 is 40.9 Å². The molecular weight excluding hydrogens is 310 g/mol. The first-order valence-electron chi connectivity index (χ1n) is 6.54. The predicted molar refractivity (Wildman–Crippen MR) is 77.2 cm³/mol. The molecule has 0 saturated carbocycles. The lowest BCUT2D eigenvalue weighted by molar-refractivity contribution is -0.386. The summed E-state index contributed by atoms with van der Waals surface area (Å²) in [6, 6.07) is 1.06. The number of aromatic nitrogens is 1. The van der Waals surface area contributed by atoms with Gasteiger partial charge in [0.1, 0.15) is 12.2 Å². The van der Waals surface area contributed by atoms with Crippen molar-refractivity contribution in [1.82, 2.24) is 10.3 Å². The Balaban J connectivity index is 2.73. The van der Waals surface area contributed by atoms with Crippen molar-refractivity contribution >= 4 is 17.7 Å². The highest BCUT2D eigenvalue weighted by Crippen LogP contribution is 2.22. The van der Waals surface area contributed by atoms with Crippen LogP contribution in [0.2, 0.25) is 0 Å². The Morgan fingerprint density at radius 3 is 2.65 bits per heavy atom. The number of nitrogens with one attached hydrogen (secondary N) is 1. The van der Waals surface area contributed by atoms with Gasteiger partial charge in [0.05, 0.1) is 4.92 Å². The lowest BCUT2D eigenvalue weighted by atomic mass is 10.2. The number of nitro groups is 1. The van der Waals surface area contributed by atoms with Crippen LogP contribution >= 0.6 is 0 Å². The molecule has 0 fully saturated rings. The summed E-state index contributed by atoms with van der Waals surface area (Å²) < 4.78 is 9.99. The molecule has 2 N–H and O–H groups in total. The highest BCUT2D eigenvalue weighted by molar-refractivity contribution is 5.80. The average molecular weight is 327 g/mol. The van der Waals surface area contributed by atoms with E-state index in [0.717, 1.165) is 0 Å². The number of carbonyl (C=O) groups excluding carboxylic acids is 1. The Labute approximate surface area is 131 Å². The van der Waals surface area contributed by atoms with Gasteiger partial charge in [-0.15, -0.1) is 0 Å². The second-order valence-corrected chi connectivity index (χ2v) is 5.43. The van der Waals surface area contributed by atoms with Crippen LogP contribution in [0.25, 0.3) is 0 Å². The summed E-state index contributed by atoms with van der Waals surface area (Å²) in [6.07, 6.45) is 0.323. The van der Waals surface area contributed by atoms with Crippen molar-refractivity contribution < 1.29 is 29.1 Å². The Morgan fingerprint density at radius 2 is 2.13 bits per heavy atom. The zero-order valence-electron chi connectivity index (χ0n) is 12.8. The molecule has 0 aliphatic heterocycles. The molecule has 1 aromatic rings. The van der Waals surface area contributed by atoms with E-state index in [1.54, 1.807) is 20.8 Å². The van der Waals surface area contributed by atoms with Crippen LogP contribution in [0, 0.1) is 10.1 Å². The third kappa shape index (κ3) is 6.16. The summed E-state index contributed by atoms with van der Waals surface area (Å²) in [5.41, 5.74) is -1.21. The van der Waals surface area contributed by atoms with Gasteiger partial charge in [-0.1, -0.05) is 0 Å². The van der Waals surface area contributed by atoms with Crippen LogP contribution in [0.15, 0.2) is 18.3 Å². The minimum Gasteiger partial charge on any atom is -0.480 e. The van der Waals surface area contributed by atoms with E-state index in [2.05, 4.69) is 10.3 Å². The Bertz CT molecular complexity index is 597. The van der Waals surface area contributed by atoms with E-state index in [1.165, 1.54) is 18.3 Å². The van der Waals surface area contributed by atoms with Crippen molar-refractivity contribution in [2.75, 3.05) is 6.61 Å². The van der Waals surface area contributed by atoms with E-state index in [1.807, 2.05) is 0 Å². The highest BCUT2D eigenvalue weighted by atomic mass is 16.6. The van der Waals surface area contributed by atoms with Crippen LogP contribution in [0.1, 0.15) is 20.8 Å². The van der Waals surface area contributed by atoms with Crippen LogP contribution in [0.3, 0.4) is 0 Å². The van der Waals surface area contributed by atoms with E-state index >= 15 is 0 Å². The number of carboxylic acid groups (broad SMARTS) is 1. The van der Waals surface area contributed by atoms with Gasteiger partial charge in [0, 0.05) is 12.3 Å². The molecule has 0 unspecified atom stereocenters. The fourth-order valence-electron chi connectivity index (χ4n) is 1.42. The normalized spacial score (nSPS) is 12.1. The third-order valence-electron chi connectivity index (χ3n) is 2.32. The van der Waals surface area contributed by atoms with Gasteiger partial charge in [-0.05, 0) is 26.8 Å². The number of nitrogens with zero attached hydrogens (tertiary/aromatic N) is 2. The van der Waals surface area contributed by atoms with Crippen LogP contribution in [-0.2, 0) is 9.53 Å². The van der Waals surface area contributed by atoms with Crippen molar-refractivity contribution in [2.45, 2.75) is 32.4 Å². The van der Waals surface area contributed by atoms with Gasteiger partial charge < -0.3 is 19.9 Å². The molecule has 1 atom stereocenters. The standard InChI is InChI=1S/C13H17N3O7/c1-13(2,3)23-12(19)15-8(11(17)18)7-22-10-9(16(20)21)5-4-6-14-10/h4-6,8H,7H2,1-3H3,(H,15,19)(H,17,18)/t8-/m0/s1. The van der Waals surface area contributed by atoms with Crippen molar-refractivity contribution in [1.29, 1.82) is 0 Å². The van der Waals surface area contributed by atoms with Gasteiger partial charge in [0.15, 0.2) is 6.04 Å². The molecule has 0 saturated heterocycles. The minimum absolute atomic E-state index is 0.338. The molecule has 0 aliphatic carbocycles. The van der Waals surface area contributed by atoms with Crippen molar-refractivity contribution in [3.63, 3.8) is 0 Å². The second-order valence-electron chi connectivity index (χ2n) is 5.43. The Hall–Kier alpha value is -2.91. The lowest BCUT2D eigenvalue weighted by Gasteiger charge is -2.21. The summed E-state index contributed by atoms with van der Waals surface area (Å²) in [4.78, 5) is 36.5. The van der Waals surface area contributed by atoms with Crippen LogP contribution in [0.5, 0.6) is 5.88 Å². The van der Waals surface area contributed by atoms with Crippen molar-refractivity contribution in [2.24, 2.45) is 0 Å². The summed E-state index contributed by atoms with van der Waals surface area (Å²) in [6.45, 7) is 4.31. The highest BCUT2D eigenvalue weighted by Gasteiger charge is 2.26. The Kier molecular flexibility index (Phi) is 5.82. The molecule has 0 spiro atoms. The maximum atomic E-state index is 11.6. The molecule has 23 heavy (non-hydrogen) atoms. The zero-order chi connectivity index (χ0) is 17.6. The van der Waals surface area contributed by atoms with Gasteiger partial charge in [-0.2, -0.15) is 0 Å². The SMILES string of the molecule is CC(C)(C)OC(=O)N[C@@H](COc1ncccc1[N+](=O)[O-])C(=O)O. The maximum Gasteiger partial charge on any atom is 0.408 e. The fourth-order valence-corrected chi connectivity index (χ4v) is 1.42. The van der Waals surface area contributed by atoms with E-state index in [9.17, 15) is 19.7 Å². The van der Waals surface area contributed by atoms with Crippen molar-refractivity contribution in [3.8, 4) is 5.88 Å². The molecule has 1 amide bonds. The average Bonchev–Trinajstić information content (AvgIpc) is 2.41. The quantitative estimate of drug-likeness (QED) is 0.589. The van der Waals surface area contributed by atoms with E-state index in [0.29, 0.717) is 0 Å². The number of hydrogen-bond acceptors (Lipinski definition) is 7. The minimum atomic E-state index is -1.45. The fraction of sp³-hybridized carbons (Fsp3) is 0.462. The summed E-state index contributed by atoms with van der Waals surface area (Å²) >= 11 is 0. The maximum absolute atomic E-state index is 11.6. The molecule has 126 valence electrons. The summed E-state index contributed by atoms with van der Waals surface area (Å²) in [7, 11) is 0. The number of alkyl carbamates (subject to hydrolysis) is 1. The summed E-state index contributed by atoms with van der Waals surface area (Å²) in [5, 5.41) is 22.0. The molecule has 1 heterocycles. The number of pyridine rings is 1. The molecule has 1 rings (SSSR count). The van der Waals surface area contributed by atoms with Gasteiger partial charge in [-0.3, -0.25) is 10.1 Å². The molecule has 0 aromatic carbocycles. The van der Waals surface area contributed by atoms with Crippen LogP contribution in [-0.4, -0.2) is 45.3 Å². The molecule has 10 heteroatoms. The second kappa shape index (κ2) is 7.38. The zero-order valence-corrected chi connectivity index (χ0v) is 12.8. The van der Waals surface area contributed by atoms with Crippen LogP contribution in [0.4, 0.5) is 10.5 Å². The van der Waals surface area contributed by atoms with Gasteiger partial charge in [0.2, 0.25) is 0 Å². The number of hydrogen-bond donors (Lipinski definition) is 2. The van der Waals surface area contributed by atoms with Crippen LogP contribution < -0.4 is 10.1 Å². The largest absolute Gasteiger partial charge is 0.480 e. The first-order valence-corrected chi connectivity index (χ1v) is 6.54. The van der Waals surface area contributed by atoms with Crippen molar-refractivity contribution in [3.05, 3.63) is 28.4 Å². The third-order valence-corrected chi connectivity index (χ3v) is 2.32. The molecule has 0 aliphatic rings. The topological polar surface area (TPSA) is 141 Å². The first-order chi connectivity index (χ1) is 10.6. The molecule has 1 aromatic heterocycles.